The lowest BCUT2D eigenvalue weighted by Gasteiger charge is -2.26. The maximum atomic E-state index is 13.7. The molecule has 11 heteroatoms. The molecule has 1 N–H and O–H groups in total. The molecule has 3 aromatic rings. The van der Waals surface area contributed by atoms with Gasteiger partial charge in [0.15, 0.2) is 0 Å². The summed E-state index contributed by atoms with van der Waals surface area (Å²) in [5.41, 5.74) is 1.95. The van der Waals surface area contributed by atoms with E-state index in [9.17, 15) is 13.6 Å². The van der Waals surface area contributed by atoms with Crippen LogP contribution in [0.1, 0.15) is 17.5 Å². The van der Waals surface area contributed by atoms with Crippen LogP contribution in [0, 0.1) is 5.82 Å². The number of rotatable bonds is 11. The van der Waals surface area contributed by atoms with Crippen molar-refractivity contribution >= 4 is 31.4 Å². The molecule has 0 atom stereocenters. The third kappa shape index (κ3) is 7.41. The molecule has 0 spiro atoms. The first-order chi connectivity index (χ1) is 16.2. The van der Waals surface area contributed by atoms with Crippen LogP contribution in [0.4, 0.5) is 14.6 Å². The second kappa shape index (κ2) is 11.6. The highest BCUT2D eigenvalue weighted by atomic mass is 35.5. The van der Waals surface area contributed by atoms with Gasteiger partial charge in [-0.2, -0.15) is 34.9 Å². The van der Waals surface area contributed by atoms with E-state index < -0.39 is 20.6 Å². The van der Waals surface area contributed by atoms with E-state index in [0.717, 1.165) is 6.04 Å². The van der Waals surface area contributed by atoms with Gasteiger partial charge in [-0.05, 0) is 24.1 Å². The zero-order valence-corrected chi connectivity index (χ0v) is 21.2. The molecule has 34 heavy (non-hydrogen) atoms. The summed E-state index contributed by atoms with van der Waals surface area (Å²) in [6.07, 6.45) is 3.26. The molecular formula is C23H28ClF2N5O2Si-. The van der Waals surface area contributed by atoms with E-state index in [4.69, 9.17) is 16.3 Å². The van der Waals surface area contributed by atoms with Crippen LogP contribution in [0.2, 0.25) is 30.7 Å². The highest BCUT2D eigenvalue weighted by molar-refractivity contribution is 6.76. The largest absolute Gasteiger partial charge is 0.362 e. The SMILES string of the molecule is C[Si-](C)(C)CCOCn1nc(-c2cnncc2CF)cc1NC(=O)CCc1ccc(Cl)c(F)c1. The second-order valence-corrected chi connectivity index (χ2v) is 15.1. The quantitative estimate of drug-likeness (QED) is 0.274. The van der Waals surface area contributed by atoms with E-state index >= 15 is 0 Å². The van der Waals surface area contributed by atoms with Crippen molar-refractivity contribution in [1.82, 2.24) is 20.0 Å². The molecule has 1 amide bonds. The van der Waals surface area contributed by atoms with Crippen molar-refractivity contribution in [3.05, 3.63) is 58.6 Å². The molecule has 1 aromatic carbocycles. The van der Waals surface area contributed by atoms with Crippen LogP contribution >= 0.6 is 11.6 Å². The average Bonchev–Trinajstić information content (AvgIpc) is 3.19. The Hall–Kier alpha value is -2.69. The van der Waals surface area contributed by atoms with E-state index in [-0.39, 0.29) is 24.1 Å². The number of ether oxygens (including phenoxy) is 1. The first-order valence-electron chi connectivity index (χ1n) is 10.9. The van der Waals surface area contributed by atoms with Gasteiger partial charge in [0, 0.05) is 30.2 Å². The van der Waals surface area contributed by atoms with E-state index in [1.54, 1.807) is 12.1 Å². The predicted molar refractivity (Wildman–Crippen MR) is 131 cm³/mol. The van der Waals surface area contributed by atoms with Gasteiger partial charge >= 0.3 is 0 Å². The molecule has 2 heterocycles. The van der Waals surface area contributed by atoms with Crippen LogP contribution in [0.5, 0.6) is 0 Å². The maximum Gasteiger partial charge on any atom is 0.225 e. The van der Waals surface area contributed by atoms with Crippen molar-refractivity contribution in [3.8, 4) is 11.3 Å². The number of carbonyl (C=O) groups excluding carboxylic acids is 1. The summed E-state index contributed by atoms with van der Waals surface area (Å²) >= 11 is 5.71. The fourth-order valence-electron chi connectivity index (χ4n) is 3.12. The normalized spacial score (nSPS) is 11.6. The Kier molecular flexibility index (Phi) is 8.87. The molecule has 0 bridgehead atoms. The number of nitrogens with one attached hydrogen (secondary N) is 1. The Balaban J connectivity index is 1.74. The Bertz CT molecular complexity index is 1140. The minimum Gasteiger partial charge on any atom is -0.362 e. The molecule has 0 radical (unpaired) electrons. The fourth-order valence-corrected chi connectivity index (χ4v) is 3.99. The van der Waals surface area contributed by atoms with Gasteiger partial charge in [0.1, 0.15) is 25.0 Å². The standard InChI is InChI=1S/C23H28ClF2N5O2Si/c1-34(2,3)9-8-33-15-31-22(11-21(30-31)18-14-28-27-13-17(18)12-25)29-23(32)7-5-16-4-6-19(24)20(26)10-16/h4,6,10-11,13-14H,5,7-9,12,15H2,1-3H3,(H,29,32)/q-1. The number of amides is 1. The first-order valence-corrected chi connectivity index (χ1v) is 15.0. The smallest absolute Gasteiger partial charge is 0.225 e. The Morgan fingerprint density at radius 2 is 1.97 bits per heavy atom. The van der Waals surface area contributed by atoms with Gasteiger partial charge in [-0.3, -0.25) is 4.79 Å². The molecule has 3 rings (SSSR count). The molecule has 0 fully saturated rings. The summed E-state index contributed by atoms with van der Waals surface area (Å²) in [5.74, 6) is -0.381. The molecule has 2 aromatic heterocycles. The first kappa shape index (κ1) is 25.9. The Labute approximate surface area is 203 Å². The number of hydrogen-bond acceptors (Lipinski definition) is 5. The number of carbonyl (C=O) groups is 1. The third-order valence-electron chi connectivity index (χ3n) is 5.12. The zero-order chi connectivity index (χ0) is 24.7. The van der Waals surface area contributed by atoms with E-state index in [2.05, 4.69) is 40.3 Å². The highest BCUT2D eigenvalue weighted by Gasteiger charge is 2.16. The van der Waals surface area contributed by atoms with Gasteiger partial charge in [0.2, 0.25) is 5.91 Å². The average molecular weight is 508 g/mol. The van der Waals surface area contributed by atoms with E-state index in [1.807, 2.05) is 0 Å². The van der Waals surface area contributed by atoms with Gasteiger partial charge in [0.05, 0.1) is 23.1 Å². The summed E-state index contributed by atoms with van der Waals surface area (Å²) in [7, 11) is -1.26. The molecule has 0 saturated carbocycles. The monoisotopic (exact) mass is 507 g/mol. The van der Waals surface area contributed by atoms with Crippen molar-refractivity contribution in [2.45, 2.75) is 51.9 Å². The molecule has 7 nitrogen and oxygen atoms in total. The number of nitrogens with zero attached hydrogens (tertiary/aromatic N) is 4. The fraction of sp³-hybridized carbons (Fsp3) is 0.391. The molecule has 0 saturated heterocycles. The van der Waals surface area contributed by atoms with Crippen molar-refractivity contribution in [1.29, 1.82) is 0 Å². The number of aryl methyl sites for hydroxylation is 1. The highest BCUT2D eigenvalue weighted by Crippen LogP contribution is 2.25. The van der Waals surface area contributed by atoms with Gasteiger partial charge in [-0.25, -0.2) is 13.5 Å². The van der Waals surface area contributed by atoms with Crippen LogP contribution < -0.4 is 5.32 Å². The lowest BCUT2D eigenvalue weighted by atomic mass is 10.1. The number of hydrogen-bond donors (Lipinski definition) is 1. The number of benzene rings is 1. The summed E-state index contributed by atoms with van der Waals surface area (Å²) in [6.45, 7) is 6.77. The van der Waals surface area contributed by atoms with Gasteiger partial charge in [-0.15, -0.1) is 14.1 Å². The second-order valence-electron chi connectivity index (χ2n) is 9.12. The third-order valence-corrected chi connectivity index (χ3v) is 7.13. The molecular weight excluding hydrogens is 480 g/mol. The lowest BCUT2D eigenvalue weighted by Crippen LogP contribution is -2.22. The molecule has 0 aliphatic rings. The number of anilines is 1. The summed E-state index contributed by atoms with van der Waals surface area (Å²) in [4.78, 5) is 12.6. The Morgan fingerprint density at radius 1 is 1.21 bits per heavy atom. The summed E-state index contributed by atoms with van der Waals surface area (Å²) in [6, 6.07) is 7.11. The van der Waals surface area contributed by atoms with E-state index in [1.165, 1.54) is 29.2 Å². The number of aromatic nitrogens is 4. The van der Waals surface area contributed by atoms with Gasteiger partial charge in [0.25, 0.3) is 0 Å². The summed E-state index contributed by atoms with van der Waals surface area (Å²) in [5, 5.41) is 14.9. The van der Waals surface area contributed by atoms with Crippen LogP contribution in [0.25, 0.3) is 11.3 Å². The molecule has 0 aliphatic carbocycles. The van der Waals surface area contributed by atoms with Gasteiger partial charge < -0.3 is 10.1 Å². The Morgan fingerprint density at radius 3 is 2.68 bits per heavy atom. The van der Waals surface area contributed by atoms with Gasteiger partial charge in [-0.1, -0.05) is 17.7 Å². The van der Waals surface area contributed by atoms with Crippen molar-refractivity contribution in [2.24, 2.45) is 0 Å². The van der Waals surface area contributed by atoms with E-state index in [0.29, 0.717) is 41.2 Å². The van der Waals surface area contributed by atoms with Crippen molar-refractivity contribution in [2.75, 3.05) is 11.9 Å². The predicted octanol–water partition coefficient (Wildman–Crippen LogP) is 5.49. The van der Waals surface area contributed by atoms with Crippen LogP contribution in [0.15, 0.2) is 36.7 Å². The maximum absolute atomic E-state index is 13.7. The summed E-state index contributed by atoms with van der Waals surface area (Å²) < 4.78 is 34.4. The lowest BCUT2D eigenvalue weighted by molar-refractivity contribution is -0.116. The van der Waals surface area contributed by atoms with Crippen LogP contribution in [0.3, 0.4) is 0 Å². The minimum atomic E-state index is -1.26. The molecule has 183 valence electrons. The molecule has 0 aliphatic heterocycles. The van der Waals surface area contributed by atoms with Crippen molar-refractivity contribution < 1.29 is 18.3 Å². The topological polar surface area (TPSA) is 81.9 Å². The van der Waals surface area contributed by atoms with Crippen molar-refractivity contribution in [3.63, 3.8) is 0 Å². The molecule has 0 unspecified atom stereocenters. The van der Waals surface area contributed by atoms with Crippen LogP contribution in [-0.2, 0) is 29.4 Å². The number of alkyl halides is 1. The number of halogens is 3. The van der Waals surface area contributed by atoms with Crippen LogP contribution in [-0.4, -0.2) is 40.6 Å². The minimum absolute atomic E-state index is 0.0389. The zero-order valence-electron chi connectivity index (χ0n) is 19.4.